The molecule has 1 atom stereocenters. The summed E-state index contributed by atoms with van der Waals surface area (Å²) >= 11 is 0. The number of anilines is 1. The summed E-state index contributed by atoms with van der Waals surface area (Å²) in [7, 11) is 1.24. The average Bonchev–Trinajstić information content (AvgIpc) is 2.58. The van der Waals surface area contributed by atoms with Crippen molar-refractivity contribution in [3.05, 3.63) is 11.9 Å². The van der Waals surface area contributed by atoms with Gasteiger partial charge in [-0.1, -0.05) is 0 Å². The van der Waals surface area contributed by atoms with E-state index in [-0.39, 0.29) is 11.4 Å². The Balaban J connectivity index is 3.06. The highest BCUT2D eigenvalue weighted by Crippen LogP contribution is 2.13. The number of hydrogen-bond donors (Lipinski definition) is 1. The molecule has 1 rings (SSSR count). The fourth-order valence-electron chi connectivity index (χ4n) is 0.919. The van der Waals surface area contributed by atoms with Gasteiger partial charge in [-0.2, -0.15) is 10.4 Å². The maximum absolute atomic E-state index is 11.1. The summed E-state index contributed by atoms with van der Waals surface area (Å²) in [5.41, 5.74) is 5.76. The van der Waals surface area contributed by atoms with Crippen LogP contribution in [-0.2, 0) is 4.74 Å². The van der Waals surface area contributed by atoms with E-state index in [1.165, 1.54) is 18.0 Å². The highest BCUT2D eigenvalue weighted by molar-refractivity contribution is 5.92. The predicted octanol–water partition coefficient (Wildman–Crippen LogP) is 0.336. The van der Waals surface area contributed by atoms with E-state index in [9.17, 15) is 4.79 Å². The molecule has 0 radical (unpaired) electrons. The van der Waals surface area contributed by atoms with Crippen molar-refractivity contribution in [2.75, 3.05) is 12.8 Å². The normalized spacial score (nSPS) is 11.8. The summed E-state index contributed by atoms with van der Waals surface area (Å²) in [5.74, 6) is -0.605. The number of carbonyl (C=O) groups is 1. The van der Waals surface area contributed by atoms with E-state index >= 15 is 0 Å². The van der Waals surface area contributed by atoms with Crippen molar-refractivity contribution < 1.29 is 9.53 Å². The minimum absolute atomic E-state index is 0.0367. The largest absolute Gasteiger partial charge is 0.464 e. The van der Waals surface area contributed by atoms with Gasteiger partial charge in [-0.15, -0.1) is 0 Å². The van der Waals surface area contributed by atoms with Crippen LogP contribution in [0.2, 0.25) is 0 Å². The number of carbonyl (C=O) groups excluding carboxylic acids is 1. The summed E-state index contributed by atoms with van der Waals surface area (Å²) in [6, 6.07) is 1.51. The molecule has 74 valence electrons. The molecule has 6 nitrogen and oxygen atoms in total. The summed E-state index contributed by atoms with van der Waals surface area (Å²) in [5, 5.41) is 12.5. The Kier molecular flexibility index (Phi) is 2.72. The van der Waals surface area contributed by atoms with Crippen LogP contribution in [0, 0.1) is 11.3 Å². The van der Waals surface area contributed by atoms with Crippen molar-refractivity contribution in [1.29, 1.82) is 5.26 Å². The molecule has 6 heteroatoms. The number of methoxy groups -OCH3 is 1. The first-order chi connectivity index (χ1) is 6.60. The Labute approximate surface area is 80.9 Å². The molecule has 0 saturated carbocycles. The molecule has 0 spiro atoms. The lowest BCUT2D eigenvalue weighted by molar-refractivity contribution is 0.0594. The van der Waals surface area contributed by atoms with Gasteiger partial charge in [-0.3, -0.25) is 4.68 Å². The quantitative estimate of drug-likeness (QED) is 0.685. The van der Waals surface area contributed by atoms with Crippen LogP contribution in [0.4, 0.5) is 5.69 Å². The summed E-state index contributed by atoms with van der Waals surface area (Å²) in [6.07, 6.45) is 1.43. The molecular formula is C8H10N4O2. The fraction of sp³-hybridized carbons (Fsp3) is 0.375. The van der Waals surface area contributed by atoms with Crippen LogP contribution in [-0.4, -0.2) is 22.9 Å². The average molecular weight is 194 g/mol. The van der Waals surface area contributed by atoms with E-state index in [4.69, 9.17) is 11.0 Å². The van der Waals surface area contributed by atoms with E-state index in [0.29, 0.717) is 0 Å². The number of aromatic nitrogens is 2. The minimum Gasteiger partial charge on any atom is -0.464 e. The van der Waals surface area contributed by atoms with Gasteiger partial charge in [0.25, 0.3) is 0 Å². The summed E-state index contributed by atoms with van der Waals surface area (Å²) in [6.45, 7) is 1.65. The maximum atomic E-state index is 11.1. The molecule has 2 N–H and O–H groups in total. The number of esters is 1. The second kappa shape index (κ2) is 3.79. The van der Waals surface area contributed by atoms with Crippen LogP contribution in [0.1, 0.15) is 23.5 Å². The van der Waals surface area contributed by atoms with Gasteiger partial charge in [0.15, 0.2) is 5.69 Å². The second-order valence-corrected chi connectivity index (χ2v) is 2.71. The van der Waals surface area contributed by atoms with Gasteiger partial charge in [-0.05, 0) is 6.92 Å². The molecule has 0 aliphatic rings. The number of ether oxygens (including phenoxy) is 1. The predicted molar refractivity (Wildman–Crippen MR) is 48.3 cm³/mol. The topological polar surface area (TPSA) is 93.9 Å². The van der Waals surface area contributed by atoms with Gasteiger partial charge in [0.2, 0.25) is 0 Å². The third-order valence-corrected chi connectivity index (χ3v) is 1.72. The lowest BCUT2D eigenvalue weighted by Crippen LogP contribution is -2.08. The first kappa shape index (κ1) is 10.1. The number of rotatable bonds is 2. The van der Waals surface area contributed by atoms with Crippen molar-refractivity contribution in [1.82, 2.24) is 9.78 Å². The van der Waals surface area contributed by atoms with Crippen LogP contribution in [0.5, 0.6) is 0 Å². The first-order valence-corrected chi connectivity index (χ1v) is 3.92. The van der Waals surface area contributed by atoms with Crippen molar-refractivity contribution >= 4 is 11.7 Å². The molecular weight excluding hydrogens is 184 g/mol. The fourth-order valence-corrected chi connectivity index (χ4v) is 0.919. The molecule has 0 aliphatic heterocycles. The molecule has 14 heavy (non-hydrogen) atoms. The van der Waals surface area contributed by atoms with Crippen LogP contribution in [0.3, 0.4) is 0 Å². The number of nitrogen functional groups attached to an aromatic ring is 1. The molecule has 0 fully saturated rings. The zero-order valence-corrected chi connectivity index (χ0v) is 7.89. The molecule has 1 aromatic rings. The molecule has 1 heterocycles. The Bertz CT molecular complexity index is 391. The van der Waals surface area contributed by atoms with Crippen LogP contribution >= 0.6 is 0 Å². The Morgan fingerprint density at radius 3 is 3.00 bits per heavy atom. The minimum atomic E-state index is -0.605. The smallest absolute Gasteiger partial charge is 0.360 e. The van der Waals surface area contributed by atoms with Crippen molar-refractivity contribution in [3.63, 3.8) is 0 Å². The van der Waals surface area contributed by atoms with Gasteiger partial charge in [-0.25, -0.2) is 4.79 Å². The molecule has 0 bridgehead atoms. The molecule has 0 amide bonds. The van der Waals surface area contributed by atoms with Crippen LogP contribution < -0.4 is 5.73 Å². The monoisotopic (exact) mass is 194 g/mol. The van der Waals surface area contributed by atoms with E-state index in [1.54, 1.807) is 6.92 Å². The SMILES string of the molecule is COC(=O)c1nn(C(C)C#N)cc1N. The summed E-state index contributed by atoms with van der Waals surface area (Å²) in [4.78, 5) is 11.1. The van der Waals surface area contributed by atoms with E-state index < -0.39 is 12.0 Å². The van der Waals surface area contributed by atoms with E-state index in [2.05, 4.69) is 9.84 Å². The number of nitrogens with zero attached hydrogens (tertiary/aromatic N) is 3. The zero-order chi connectivity index (χ0) is 10.7. The standard InChI is InChI=1S/C8H10N4O2/c1-5(3-9)12-4-6(10)7(11-12)8(13)14-2/h4-5H,10H2,1-2H3. The van der Waals surface area contributed by atoms with Gasteiger partial charge in [0.1, 0.15) is 6.04 Å². The third-order valence-electron chi connectivity index (χ3n) is 1.72. The first-order valence-electron chi connectivity index (χ1n) is 3.92. The third kappa shape index (κ3) is 1.66. The number of hydrogen-bond acceptors (Lipinski definition) is 5. The van der Waals surface area contributed by atoms with Crippen molar-refractivity contribution in [2.24, 2.45) is 0 Å². The molecule has 0 aliphatic carbocycles. The Hall–Kier alpha value is -2.03. The maximum Gasteiger partial charge on any atom is 0.360 e. The number of nitriles is 1. The Morgan fingerprint density at radius 2 is 2.50 bits per heavy atom. The second-order valence-electron chi connectivity index (χ2n) is 2.71. The van der Waals surface area contributed by atoms with Gasteiger partial charge < -0.3 is 10.5 Å². The lowest BCUT2D eigenvalue weighted by atomic mass is 10.4. The highest BCUT2D eigenvalue weighted by Gasteiger charge is 2.16. The van der Waals surface area contributed by atoms with Gasteiger partial charge in [0, 0.05) is 0 Å². The van der Waals surface area contributed by atoms with Crippen LogP contribution in [0.15, 0.2) is 6.20 Å². The molecule has 0 saturated heterocycles. The molecule has 0 aromatic carbocycles. The van der Waals surface area contributed by atoms with Gasteiger partial charge in [0.05, 0.1) is 25.1 Å². The molecule has 1 unspecified atom stereocenters. The van der Waals surface area contributed by atoms with E-state index in [0.717, 1.165) is 0 Å². The Morgan fingerprint density at radius 1 is 1.86 bits per heavy atom. The summed E-state index contributed by atoms with van der Waals surface area (Å²) < 4.78 is 5.79. The van der Waals surface area contributed by atoms with Crippen molar-refractivity contribution in [3.8, 4) is 6.07 Å². The molecule has 1 aromatic heterocycles. The highest BCUT2D eigenvalue weighted by atomic mass is 16.5. The number of nitrogens with two attached hydrogens (primary N) is 1. The van der Waals surface area contributed by atoms with Crippen LogP contribution in [0.25, 0.3) is 0 Å². The van der Waals surface area contributed by atoms with E-state index in [1.807, 2.05) is 6.07 Å². The lowest BCUT2D eigenvalue weighted by Gasteiger charge is -1.99. The zero-order valence-electron chi connectivity index (χ0n) is 7.89. The van der Waals surface area contributed by atoms with Gasteiger partial charge >= 0.3 is 5.97 Å². The van der Waals surface area contributed by atoms with Crippen molar-refractivity contribution in [2.45, 2.75) is 13.0 Å².